The first-order valence-corrected chi connectivity index (χ1v) is 6.07. The van der Waals surface area contributed by atoms with Gasteiger partial charge in [-0.2, -0.15) is 0 Å². The maximum atomic E-state index is 10.2. The molecule has 94 valence electrons. The fourth-order valence-electron chi connectivity index (χ4n) is 1.89. The van der Waals surface area contributed by atoms with E-state index in [1.165, 1.54) is 0 Å². The average Bonchev–Trinajstić information content (AvgIpc) is 2.39. The highest BCUT2D eigenvalue weighted by Gasteiger charge is 2.19. The maximum absolute atomic E-state index is 10.2. The van der Waals surface area contributed by atoms with Crippen LogP contribution in [0.3, 0.4) is 0 Å². The normalized spacial score (nSPS) is 14.2. The molecule has 0 saturated carbocycles. The van der Waals surface area contributed by atoms with Crippen molar-refractivity contribution in [3.63, 3.8) is 0 Å². The number of aliphatic hydroxyl groups is 2. The molecule has 0 aliphatic rings. The van der Waals surface area contributed by atoms with Gasteiger partial charge >= 0.3 is 0 Å². The monoisotopic (exact) mass is 242 g/mol. The molecule has 0 aliphatic heterocycles. The van der Waals surface area contributed by atoms with E-state index in [1.54, 1.807) is 0 Å². The first kappa shape index (κ1) is 12.8. The molecule has 0 heterocycles. The SMILES string of the molecule is Cc1ccc([C@@H](O)[C@@H](O)c2ccc(C)cc2)cc1. The Bertz CT molecular complexity index is 450. The molecule has 2 nitrogen and oxygen atoms in total. The Morgan fingerprint density at radius 2 is 0.889 bits per heavy atom. The zero-order chi connectivity index (χ0) is 13.1. The summed E-state index contributed by atoms with van der Waals surface area (Å²) in [5.41, 5.74) is 3.73. The second-order valence-electron chi connectivity index (χ2n) is 4.71. The smallest absolute Gasteiger partial charge is 0.109 e. The Labute approximate surface area is 108 Å². The lowest BCUT2D eigenvalue weighted by Crippen LogP contribution is -2.10. The summed E-state index contributed by atoms with van der Waals surface area (Å²) in [6.45, 7) is 3.99. The molecule has 0 fully saturated rings. The molecule has 2 rings (SSSR count). The third-order valence-electron chi connectivity index (χ3n) is 3.14. The van der Waals surface area contributed by atoms with E-state index in [0.717, 1.165) is 22.3 Å². The van der Waals surface area contributed by atoms with Crippen LogP contribution in [0.25, 0.3) is 0 Å². The summed E-state index contributed by atoms with van der Waals surface area (Å²) in [5, 5.41) is 20.3. The molecular formula is C16H18O2. The summed E-state index contributed by atoms with van der Waals surface area (Å²) in [4.78, 5) is 0. The minimum atomic E-state index is -0.895. The molecule has 2 atom stereocenters. The molecule has 0 aromatic heterocycles. The van der Waals surface area contributed by atoms with Gasteiger partial charge in [-0.25, -0.2) is 0 Å². The number of aliphatic hydroxyl groups excluding tert-OH is 2. The number of aryl methyl sites for hydroxylation is 2. The standard InChI is InChI=1S/C16H18O2/c1-11-3-7-13(8-4-11)15(17)16(18)14-9-5-12(2)6-10-14/h3-10,15-18H,1-2H3/t15-,16+. The molecule has 0 unspecified atom stereocenters. The van der Waals surface area contributed by atoms with Crippen LogP contribution in [0.5, 0.6) is 0 Å². The van der Waals surface area contributed by atoms with Crippen molar-refractivity contribution < 1.29 is 10.2 Å². The van der Waals surface area contributed by atoms with E-state index in [0.29, 0.717) is 0 Å². The molecule has 0 amide bonds. The number of hydrogen-bond donors (Lipinski definition) is 2. The molecule has 0 radical (unpaired) electrons. The van der Waals surface area contributed by atoms with Crippen LogP contribution in [0.4, 0.5) is 0 Å². The van der Waals surface area contributed by atoms with Gasteiger partial charge < -0.3 is 10.2 Å². The molecule has 0 saturated heterocycles. The summed E-state index contributed by atoms with van der Waals surface area (Å²) >= 11 is 0. The van der Waals surface area contributed by atoms with E-state index in [1.807, 2.05) is 62.4 Å². The quantitative estimate of drug-likeness (QED) is 0.868. The van der Waals surface area contributed by atoms with Crippen LogP contribution in [0.2, 0.25) is 0 Å². The second kappa shape index (κ2) is 5.34. The van der Waals surface area contributed by atoms with Crippen LogP contribution in [0.1, 0.15) is 34.5 Å². The molecule has 2 aromatic carbocycles. The van der Waals surface area contributed by atoms with Gasteiger partial charge in [0.05, 0.1) is 0 Å². The van der Waals surface area contributed by atoms with Crippen molar-refractivity contribution in [1.82, 2.24) is 0 Å². The number of hydrogen-bond acceptors (Lipinski definition) is 2. The average molecular weight is 242 g/mol. The van der Waals surface area contributed by atoms with Gasteiger partial charge in [0, 0.05) is 0 Å². The van der Waals surface area contributed by atoms with Crippen molar-refractivity contribution in [3.05, 3.63) is 70.8 Å². The number of benzene rings is 2. The molecule has 0 bridgehead atoms. The number of rotatable bonds is 3. The fourth-order valence-corrected chi connectivity index (χ4v) is 1.89. The van der Waals surface area contributed by atoms with E-state index in [4.69, 9.17) is 0 Å². The maximum Gasteiger partial charge on any atom is 0.109 e. The molecule has 2 heteroatoms. The topological polar surface area (TPSA) is 40.5 Å². The van der Waals surface area contributed by atoms with Gasteiger partial charge in [-0.3, -0.25) is 0 Å². The van der Waals surface area contributed by atoms with Gasteiger partial charge in [-0.1, -0.05) is 59.7 Å². The minimum absolute atomic E-state index is 0.730. The summed E-state index contributed by atoms with van der Waals surface area (Å²) in [5.74, 6) is 0. The molecular weight excluding hydrogens is 224 g/mol. The molecule has 2 aromatic rings. The van der Waals surface area contributed by atoms with Crippen LogP contribution in [0.15, 0.2) is 48.5 Å². The van der Waals surface area contributed by atoms with E-state index in [2.05, 4.69) is 0 Å². The first-order valence-electron chi connectivity index (χ1n) is 6.07. The molecule has 18 heavy (non-hydrogen) atoms. The van der Waals surface area contributed by atoms with Crippen molar-refractivity contribution in [2.75, 3.05) is 0 Å². The van der Waals surface area contributed by atoms with Gasteiger partial charge in [-0.15, -0.1) is 0 Å². The molecule has 0 aliphatic carbocycles. The predicted molar refractivity (Wildman–Crippen MR) is 72.3 cm³/mol. The van der Waals surface area contributed by atoms with E-state index in [-0.39, 0.29) is 0 Å². The van der Waals surface area contributed by atoms with Crippen molar-refractivity contribution in [2.45, 2.75) is 26.1 Å². The van der Waals surface area contributed by atoms with Crippen LogP contribution >= 0.6 is 0 Å². The lowest BCUT2D eigenvalue weighted by Gasteiger charge is -2.19. The summed E-state index contributed by atoms with van der Waals surface area (Å²) < 4.78 is 0. The van der Waals surface area contributed by atoms with Crippen LogP contribution < -0.4 is 0 Å². The Morgan fingerprint density at radius 3 is 1.17 bits per heavy atom. The van der Waals surface area contributed by atoms with Crippen molar-refractivity contribution in [1.29, 1.82) is 0 Å². The minimum Gasteiger partial charge on any atom is -0.385 e. The lowest BCUT2D eigenvalue weighted by molar-refractivity contribution is 0.0172. The fraction of sp³-hybridized carbons (Fsp3) is 0.250. The Balaban J connectivity index is 2.20. The van der Waals surface area contributed by atoms with Gasteiger partial charge in [-0.05, 0) is 25.0 Å². The predicted octanol–water partition coefficient (Wildman–Crippen LogP) is 3.07. The largest absolute Gasteiger partial charge is 0.385 e. The zero-order valence-corrected chi connectivity index (χ0v) is 10.7. The molecule has 2 N–H and O–H groups in total. The lowest BCUT2D eigenvalue weighted by atomic mass is 9.97. The van der Waals surface area contributed by atoms with Gasteiger partial charge in [0.1, 0.15) is 12.2 Å². The van der Waals surface area contributed by atoms with Crippen LogP contribution in [0, 0.1) is 13.8 Å². The van der Waals surface area contributed by atoms with Crippen molar-refractivity contribution in [3.8, 4) is 0 Å². The first-order chi connectivity index (χ1) is 8.58. The Hall–Kier alpha value is -1.64. The summed E-state index contributed by atoms with van der Waals surface area (Å²) in [6.07, 6.45) is -1.79. The third kappa shape index (κ3) is 2.78. The van der Waals surface area contributed by atoms with Crippen molar-refractivity contribution in [2.24, 2.45) is 0 Å². The van der Waals surface area contributed by atoms with Crippen LogP contribution in [-0.2, 0) is 0 Å². The summed E-state index contributed by atoms with van der Waals surface area (Å²) in [7, 11) is 0. The van der Waals surface area contributed by atoms with Crippen molar-refractivity contribution >= 4 is 0 Å². The van der Waals surface area contributed by atoms with E-state index in [9.17, 15) is 10.2 Å². The third-order valence-corrected chi connectivity index (χ3v) is 3.14. The Kier molecular flexibility index (Phi) is 3.80. The highest BCUT2D eigenvalue weighted by Crippen LogP contribution is 2.28. The highest BCUT2D eigenvalue weighted by molar-refractivity contribution is 5.28. The second-order valence-corrected chi connectivity index (χ2v) is 4.71. The van der Waals surface area contributed by atoms with Gasteiger partial charge in [0.2, 0.25) is 0 Å². The summed E-state index contributed by atoms with van der Waals surface area (Å²) in [6, 6.07) is 15.1. The van der Waals surface area contributed by atoms with E-state index < -0.39 is 12.2 Å². The van der Waals surface area contributed by atoms with Gasteiger partial charge in [0.15, 0.2) is 0 Å². The zero-order valence-electron chi connectivity index (χ0n) is 10.7. The molecule has 0 spiro atoms. The van der Waals surface area contributed by atoms with Gasteiger partial charge in [0.25, 0.3) is 0 Å². The highest BCUT2D eigenvalue weighted by atomic mass is 16.3. The Morgan fingerprint density at radius 1 is 0.611 bits per heavy atom. The van der Waals surface area contributed by atoms with Crippen LogP contribution in [-0.4, -0.2) is 10.2 Å². The van der Waals surface area contributed by atoms with E-state index >= 15 is 0 Å².